The van der Waals surface area contributed by atoms with E-state index in [1.807, 2.05) is 4.90 Å². The van der Waals surface area contributed by atoms with Crippen molar-refractivity contribution in [3.63, 3.8) is 0 Å². The molecule has 2 nitrogen and oxygen atoms in total. The van der Waals surface area contributed by atoms with Crippen LogP contribution in [0.15, 0.2) is 0 Å². The lowest BCUT2D eigenvalue weighted by Gasteiger charge is -2.32. The van der Waals surface area contributed by atoms with Crippen molar-refractivity contribution in [1.82, 2.24) is 4.90 Å². The third-order valence-corrected chi connectivity index (χ3v) is 4.35. The number of carbonyl (C=O) groups excluding carboxylic acids is 1. The van der Waals surface area contributed by atoms with E-state index in [4.69, 9.17) is 11.6 Å². The number of halogens is 1. The summed E-state index contributed by atoms with van der Waals surface area (Å²) in [6.45, 7) is 3.95. The maximum absolute atomic E-state index is 12.2. The molecular weight excluding hydrogens is 210 g/mol. The topological polar surface area (TPSA) is 20.3 Å². The lowest BCUT2D eigenvalue weighted by atomic mass is 9.95. The monoisotopic (exact) mass is 229 g/mol. The number of likely N-dealkylation sites (tertiary alicyclic amines) is 1. The van der Waals surface area contributed by atoms with Crippen LogP contribution >= 0.6 is 11.6 Å². The molecule has 1 aliphatic heterocycles. The third-order valence-electron chi connectivity index (χ3n) is 3.91. The molecule has 0 N–H and O–H groups in total. The number of amides is 1. The highest BCUT2D eigenvalue weighted by Gasteiger charge is 2.33. The number of piperidine rings is 1. The summed E-state index contributed by atoms with van der Waals surface area (Å²) in [4.78, 5) is 14.2. The zero-order chi connectivity index (χ0) is 10.8. The van der Waals surface area contributed by atoms with E-state index in [9.17, 15) is 4.79 Å². The number of carbonyl (C=O) groups is 1. The van der Waals surface area contributed by atoms with Crippen LogP contribution in [0, 0.1) is 11.8 Å². The third kappa shape index (κ3) is 2.47. The van der Waals surface area contributed by atoms with Crippen molar-refractivity contribution < 1.29 is 4.79 Å². The van der Waals surface area contributed by atoms with Crippen molar-refractivity contribution in [1.29, 1.82) is 0 Å². The predicted molar refractivity (Wildman–Crippen MR) is 62.0 cm³/mol. The Balaban J connectivity index is 1.90. The van der Waals surface area contributed by atoms with E-state index in [0.29, 0.717) is 17.7 Å². The van der Waals surface area contributed by atoms with Crippen molar-refractivity contribution >= 4 is 17.5 Å². The molecule has 0 aromatic carbocycles. The van der Waals surface area contributed by atoms with E-state index in [-0.39, 0.29) is 5.38 Å². The standard InChI is InChI=1S/C12H20ClNO/c1-9-3-2-4-11(9)12(15)14-7-5-10(13)6-8-14/h9-11H,2-8H2,1H3. The smallest absolute Gasteiger partial charge is 0.225 e. The summed E-state index contributed by atoms with van der Waals surface area (Å²) in [5.41, 5.74) is 0. The van der Waals surface area contributed by atoms with Gasteiger partial charge in [0.1, 0.15) is 0 Å². The molecule has 0 aromatic rings. The summed E-state index contributed by atoms with van der Waals surface area (Å²) in [5, 5.41) is 0.287. The van der Waals surface area contributed by atoms with Crippen LogP contribution in [0.4, 0.5) is 0 Å². The predicted octanol–water partition coefficient (Wildman–Crippen LogP) is 2.65. The van der Waals surface area contributed by atoms with Crippen molar-refractivity contribution in [2.75, 3.05) is 13.1 Å². The summed E-state index contributed by atoms with van der Waals surface area (Å²) >= 11 is 6.04. The average molecular weight is 230 g/mol. The van der Waals surface area contributed by atoms with Crippen molar-refractivity contribution in [2.45, 2.75) is 44.4 Å². The van der Waals surface area contributed by atoms with Crippen LogP contribution in [0.3, 0.4) is 0 Å². The minimum atomic E-state index is 0.287. The van der Waals surface area contributed by atoms with Crippen LogP contribution in [0.1, 0.15) is 39.0 Å². The molecule has 0 radical (unpaired) electrons. The Morgan fingerprint density at radius 2 is 1.87 bits per heavy atom. The highest BCUT2D eigenvalue weighted by atomic mass is 35.5. The Morgan fingerprint density at radius 3 is 2.40 bits per heavy atom. The second kappa shape index (κ2) is 4.73. The molecule has 0 bridgehead atoms. The second-order valence-electron chi connectivity index (χ2n) is 5.01. The fraction of sp³-hybridized carbons (Fsp3) is 0.917. The molecule has 1 aliphatic carbocycles. The zero-order valence-corrected chi connectivity index (χ0v) is 10.2. The quantitative estimate of drug-likeness (QED) is 0.633. The minimum Gasteiger partial charge on any atom is -0.342 e. The van der Waals surface area contributed by atoms with Gasteiger partial charge < -0.3 is 4.90 Å². The van der Waals surface area contributed by atoms with E-state index in [1.165, 1.54) is 12.8 Å². The highest BCUT2D eigenvalue weighted by Crippen LogP contribution is 2.33. The van der Waals surface area contributed by atoms with E-state index in [2.05, 4.69) is 6.92 Å². The Morgan fingerprint density at radius 1 is 1.20 bits per heavy atom. The van der Waals surface area contributed by atoms with Crippen molar-refractivity contribution in [2.24, 2.45) is 11.8 Å². The summed E-state index contributed by atoms with van der Waals surface area (Å²) in [7, 11) is 0. The van der Waals surface area contributed by atoms with Gasteiger partial charge in [0.25, 0.3) is 0 Å². The second-order valence-corrected chi connectivity index (χ2v) is 5.63. The molecular formula is C12H20ClNO. The van der Waals surface area contributed by atoms with Gasteiger partial charge in [0.05, 0.1) is 0 Å². The molecule has 1 saturated carbocycles. The van der Waals surface area contributed by atoms with Crippen LogP contribution < -0.4 is 0 Å². The van der Waals surface area contributed by atoms with Gasteiger partial charge in [-0.15, -0.1) is 11.6 Å². The van der Waals surface area contributed by atoms with Crippen LogP contribution in [0.2, 0.25) is 0 Å². The fourth-order valence-electron chi connectivity index (χ4n) is 2.82. The Kier molecular flexibility index (Phi) is 3.55. The maximum atomic E-state index is 12.2. The normalized spacial score (nSPS) is 33.3. The molecule has 0 aromatic heterocycles. The molecule has 3 heteroatoms. The van der Waals surface area contributed by atoms with Crippen LogP contribution in [-0.4, -0.2) is 29.3 Å². The van der Waals surface area contributed by atoms with Gasteiger partial charge in [0.2, 0.25) is 5.91 Å². The zero-order valence-electron chi connectivity index (χ0n) is 9.42. The summed E-state index contributed by atoms with van der Waals surface area (Å²) < 4.78 is 0. The molecule has 86 valence electrons. The van der Waals surface area contributed by atoms with Crippen LogP contribution in [-0.2, 0) is 4.79 Å². The number of hydrogen-bond donors (Lipinski definition) is 0. The van der Waals surface area contributed by atoms with Gasteiger partial charge >= 0.3 is 0 Å². The molecule has 1 heterocycles. The summed E-state index contributed by atoms with van der Waals surface area (Å²) in [6.07, 6.45) is 5.48. The summed E-state index contributed by atoms with van der Waals surface area (Å²) in [6, 6.07) is 0. The first-order valence-electron chi connectivity index (χ1n) is 6.11. The molecule has 2 aliphatic rings. The molecule has 2 unspecified atom stereocenters. The van der Waals surface area contributed by atoms with Gasteiger partial charge in [-0.2, -0.15) is 0 Å². The molecule has 2 fully saturated rings. The summed E-state index contributed by atoms with van der Waals surface area (Å²) in [5.74, 6) is 1.28. The van der Waals surface area contributed by atoms with E-state index < -0.39 is 0 Å². The first-order valence-corrected chi connectivity index (χ1v) is 6.55. The number of rotatable bonds is 1. The fourth-order valence-corrected chi connectivity index (χ4v) is 3.01. The highest BCUT2D eigenvalue weighted by molar-refractivity contribution is 6.20. The lowest BCUT2D eigenvalue weighted by molar-refractivity contribution is -0.137. The molecule has 15 heavy (non-hydrogen) atoms. The van der Waals surface area contributed by atoms with E-state index >= 15 is 0 Å². The van der Waals surface area contributed by atoms with Gasteiger partial charge in [0.15, 0.2) is 0 Å². The molecule has 2 atom stereocenters. The molecule has 1 saturated heterocycles. The van der Waals surface area contributed by atoms with Gasteiger partial charge in [-0.25, -0.2) is 0 Å². The Labute approximate surface area is 97.0 Å². The maximum Gasteiger partial charge on any atom is 0.225 e. The number of alkyl halides is 1. The largest absolute Gasteiger partial charge is 0.342 e. The number of nitrogens with zero attached hydrogens (tertiary/aromatic N) is 1. The average Bonchev–Trinajstić information content (AvgIpc) is 2.65. The SMILES string of the molecule is CC1CCCC1C(=O)N1CCC(Cl)CC1. The van der Waals surface area contributed by atoms with Crippen LogP contribution in [0.5, 0.6) is 0 Å². The van der Waals surface area contributed by atoms with Gasteiger partial charge in [-0.1, -0.05) is 13.3 Å². The van der Waals surface area contributed by atoms with Gasteiger partial charge in [0, 0.05) is 24.4 Å². The van der Waals surface area contributed by atoms with Crippen molar-refractivity contribution in [3.05, 3.63) is 0 Å². The first-order chi connectivity index (χ1) is 7.18. The molecule has 0 spiro atoms. The van der Waals surface area contributed by atoms with Crippen molar-refractivity contribution in [3.8, 4) is 0 Å². The van der Waals surface area contributed by atoms with Gasteiger partial charge in [-0.05, 0) is 31.6 Å². The van der Waals surface area contributed by atoms with E-state index in [0.717, 1.165) is 32.4 Å². The molecule has 1 amide bonds. The van der Waals surface area contributed by atoms with Crippen LogP contribution in [0.25, 0.3) is 0 Å². The molecule has 2 rings (SSSR count). The minimum absolute atomic E-state index is 0.287. The van der Waals surface area contributed by atoms with Gasteiger partial charge in [-0.3, -0.25) is 4.79 Å². The first kappa shape index (κ1) is 11.3. The lowest BCUT2D eigenvalue weighted by Crippen LogP contribution is -2.42. The van der Waals surface area contributed by atoms with E-state index in [1.54, 1.807) is 0 Å². The number of hydrogen-bond acceptors (Lipinski definition) is 1. The Bertz CT molecular complexity index is 236. The Hall–Kier alpha value is -0.240.